The molecule has 4 aromatic rings. The standard InChI is InChI=1S/C26H25N3O3S/c1-14-10-12-19(13-11-14)29-25(32)20-8-6-7-9-21(20)28-26(29)33-18(5)24(31)23-15(2)22(17(4)30)16(3)27-23/h6-13,18,27H,1-5H3. The van der Waals surface area contributed by atoms with Gasteiger partial charge in [-0.05, 0) is 64.4 Å². The summed E-state index contributed by atoms with van der Waals surface area (Å²) in [7, 11) is 0. The molecule has 0 bridgehead atoms. The molecular formula is C26H25N3O3S. The predicted molar refractivity (Wildman–Crippen MR) is 132 cm³/mol. The van der Waals surface area contributed by atoms with Crippen LogP contribution < -0.4 is 5.56 Å². The van der Waals surface area contributed by atoms with E-state index in [-0.39, 0.29) is 17.1 Å². The summed E-state index contributed by atoms with van der Waals surface area (Å²) in [6.45, 7) is 8.84. The molecule has 0 saturated heterocycles. The molecule has 0 amide bonds. The Kier molecular flexibility index (Phi) is 6.08. The number of aromatic nitrogens is 3. The normalized spacial score (nSPS) is 12.2. The van der Waals surface area contributed by atoms with Crippen molar-refractivity contribution in [2.75, 3.05) is 0 Å². The zero-order valence-corrected chi connectivity index (χ0v) is 20.0. The van der Waals surface area contributed by atoms with Gasteiger partial charge in [-0.2, -0.15) is 0 Å². The van der Waals surface area contributed by atoms with E-state index < -0.39 is 5.25 Å². The van der Waals surface area contributed by atoms with Gasteiger partial charge in [-0.25, -0.2) is 4.98 Å². The number of thioether (sulfide) groups is 1. The quantitative estimate of drug-likeness (QED) is 0.243. The summed E-state index contributed by atoms with van der Waals surface area (Å²) in [5.74, 6) is -0.226. The van der Waals surface area contributed by atoms with Gasteiger partial charge < -0.3 is 4.98 Å². The number of hydrogen-bond donors (Lipinski definition) is 1. The fourth-order valence-electron chi connectivity index (χ4n) is 4.05. The molecule has 168 valence electrons. The summed E-state index contributed by atoms with van der Waals surface area (Å²) in [5.41, 5.74) is 4.48. The maximum Gasteiger partial charge on any atom is 0.266 e. The minimum Gasteiger partial charge on any atom is -0.355 e. The number of carbonyl (C=O) groups is 2. The second-order valence-corrected chi connectivity index (χ2v) is 9.50. The van der Waals surface area contributed by atoms with E-state index in [2.05, 4.69) is 4.98 Å². The summed E-state index contributed by atoms with van der Waals surface area (Å²) < 4.78 is 1.56. The van der Waals surface area contributed by atoms with Crippen LogP contribution in [0.5, 0.6) is 0 Å². The number of para-hydroxylation sites is 1. The van der Waals surface area contributed by atoms with Gasteiger partial charge in [0.2, 0.25) is 0 Å². The van der Waals surface area contributed by atoms with Crippen molar-refractivity contribution in [3.8, 4) is 5.69 Å². The van der Waals surface area contributed by atoms with Gasteiger partial charge in [0.25, 0.3) is 5.56 Å². The van der Waals surface area contributed by atoms with Crippen molar-refractivity contribution in [2.45, 2.75) is 45.0 Å². The first kappa shape index (κ1) is 22.7. The molecule has 0 aliphatic carbocycles. The van der Waals surface area contributed by atoms with E-state index in [0.29, 0.717) is 44.3 Å². The molecule has 6 nitrogen and oxygen atoms in total. The van der Waals surface area contributed by atoms with E-state index in [9.17, 15) is 14.4 Å². The van der Waals surface area contributed by atoms with E-state index >= 15 is 0 Å². The van der Waals surface area contributed by atoms with Crippen LogP contribution in [0.15, 0.2) is 58.5 Å². The van der Waals surface area contributed by atoms with Gasteiger partial charge in [0, 0.05) is 11.3 Å². The van der Waals surface area contributed by atoms with E-state index in [1.807, 2.05) is 43.3 Å². The highest BCUT2D eigenvalue weighted by atomic mass is 32.2. The predicted octanol–water partition coefficient (Wildman–Crippen LogP) is 5.21. The number of carbonyl (C=O) groups excluding carboxylic acids is 2. The molecule has 0 fully saturated rings. The fourth-order valence-corrected chi connectivity index (χ4v) is 5.04. The van der Waals surface area contributed by atoms with Crippen molar-refractivity contribution in [3.05, 3.63) is 87.0 Å². The Bertz CT molecular complexity index is 1450. The van der Waals surface area contributed by atoms with Gasteiger partial charge in [-0.15, -0.1) is 0 Å². The largest absolute Gasteiger partial charge is 0.355 e. The van der Waals surface area contributed by atoms with Crippen LogP contribution in [0.3, 0.4) is 0 Å². The Hall–Kier alpha value is -3.45. The number of nitrogens with one attached hydrogen (secondary N) is 1. The van der Waals surface area contributed by atoms with Crippen molar-refractivity contribution in [2.24, 2.45) is 0 Å². The van der Waals surface area contributed by atoms with Gasteiger partial charge in [0.05, 0.1) is 27.5 Å². The number of hydrogen-bond acceptors (Lipinski definition) is 5. The molecule has 2 aromatic carbocycles. The Morgan fingerprint density at radius 1 is 1.03 bits per heavy atom. The number of ketones is 2. The lowest BCUT2D eigenvalue weighted by molar-refractivity contribution is 0.0988. The molecule has 0 saturated carbocycles. The summed E-state index contributed by atoms with van der Waals surface area (Å²) in [4.78, 5) is 46.5. The molecule has 1 N–H and O–H groups in total. The van der Waals surface area contributed by atoms with Crippen molar-refractivity contribution in [1.82, 2.24) is 14.5 Å². The lowest BCUT2D eigenvalue weighted by Crippen LogP contribution is -2.24. The molecule has 1 atom stereocenters. The van der Waals surface area contributed by atoms with Crippen molar-refractivity contribution < 1.29 is 9.59 Å². The average molecular weight is 460 g/mol. The van der Waals surface area contributed by atoms with Gasteiger partial charge in [-0.1, -0.05) is 41.6 Å². The third-order valence-electron chi connectivity index (χ3n) is 5.72. The molecule has 7 heteroatoms. The number of fused-ring (bicyclic) bond motifs is 1. The Morgan fingerprint density at radius 2 is 1.70 bits per heavy atom. The maximum absolute atomic E-state index is 13.4. The SMILES string of the molecule is CC(=O)c1c(C)[nH]c(C(=O)C(C)Sc2nc3ccccc3c(=O)n2-c2ccc(C)cc2)c1C. The Balaban J connectivity index is 1.80. The molecule has 1 unspecified atom stereocenters. The van der Waals surface area contributed by atoms with Gasteiger partial charge >= 0.3 is 0 Å². The monoisotopic (exact) mass is 459 g/mol. The van der Waals surface area contributed by atoms with E-state index in [1.165, 1.54) is 18.7 Å². The molecule has 2 aromatic heterocycles. The van der Waals surface area contributed by atoms with Crippen molar-refractivity contribution in [3.63, 3.8) is 0 Å². The van der Waals surface area contributed by atoms with E-state index in [4.69, 9.17) is 4.98 Å². The van der Waals surface area contributed by atoms with Crippen LogP contribution in [0, 0.1) is 20.8 Å². The zero-order chi connectivity index (χ0) is 23.9. The minimum atomic E-state index is -0.536. The van der Waals surface area contributed by atoms with Crippen LogP contribution in [-0.4, -0.2) is 31.4 Å². The number of aromatic amines is 1. The number of H-pyrrole nitrogens is 1. The number of aryl methyl sites for hydroxylation is 2. The fraction of sp³-hybridized carbons (Fsp3) is 0.231. The second kappa shape index (κ2) is 8.83. The topological polar surface area (TPSA) is 84.8 Å². The molecule has 33 heavy (non-hydrogen) atoms. The smallest absolute Gasteiger partial charge is 0.266 e. The molecule has 2 heterocycles. The molecular weight excluding hydrogens is 434 g/mol. The first-order chi connectivity index (χ1) is 15.7. The van der Waals surface area contributed by atoms with E-state index in [0.717, 1.165) is 5.56 Å². The Morgan fingerprint density at radius 3 is 2.33 bits per heavy atom. The third kappa shape index (κ3) is 4.16. The van der Waals surface area contributed by atoms with E-state index in [1.54, 1.807) is 37.5 Å². The maximum atomic E-state index is 13.4. The molecule has 0 radical (unpaired) electrons. The Labute approximate surface area is 196 Å². The lowest BCUT2D eigenvalue weighted by atomic mass is 10.0. The van der Waals surface area contributed by atoms with Gasteiger partial charge in [0.15, 0.2) is 16.7 Å². The van der Waals surface area contributed by atoms with Gasteiger partial charge in [-0.3, -0.25) is 19.0 Å². The van der Waals surface area contributed by atoms with Gasteiger partial charge in [0.1, 0.15) is 0 Å². The molecule has 0 aliphatic heterocycles. The number of benzene rings is 2. The van der Waals surface area contributed by atoms with Crippen LogP contribution in [0.4, 0.5) is 0 Å². The average Bonchev–Trinajstić information content (AvgIpc) is 3.08. The highest BCUT2D eigenvalue weighted by molar-refractivity contribution is 8.00. The summed E-state index contributed by atoms with van der Waals surface area (Å²) >= 11 is 1.23. The summed E-state index contributed by atoms with van der Waals surface area (Å²) in [5, 5.41) is 0.422. The van der Waals surface area contributed by atoms with Crippen molar-refractivity contribution >= 4 is 34.2 Å². The first-order valence-electron chi connectivity index (χ1n) is 10.7. The number of nitrogens with zero attached hydrogens (tertiary/aromatic N) is 2. The molecule has 0 aliphatic rings. The second-order valence-electron chi connectivity index (χ2n) is 8.19. The summed E-state index contributed by atoms with van der Waals surface area (Å²) in [6, 6.07) is 14.8. The van der Waals surface area contributed by atoms with Crippen LogP contribution in [0.2, 0.25) is 0 Å². The molecule has 4 rings (SSSR count). The van der Waals surface area contributed by atoms with Crippen LogP contribution in [0.1, 0.15) is 51.5 Å². The van der Waals surface area contributed by atoms with Crippen LogP contribution >= 0.6 is 11.8 Å². The lowest BCUT2D eigenvalue weighted by Gasteiger charge is -2.16. The zero-order valence-electron chi connectivity index (χ0n) is 19.2. The first-order valence-corrected chi connectivity index (χ1v) is 11.6. The summed E-state index contributed by atoms with van der Waals surface area (Å²) in [6.07, 6.45) is 0. The third-order valence-corrected chi connectivity index (χ3v) is 6.78. The van der Waals surface area contributed by atoms with Crippen LogP contribution in [-0.2, 0) is 0 Å². The minimum absolute atomic E-state index is 0.0787. The highest BCUT2D eigenvalue weighted by Gasteiger charge is 2.26. The highest BCUT2D eigenvalue weighted by Crippen LogP contribution is 2.29. The number of rotatable bonds is 6. The number of Topliss-reactive ketones (excluding diaryl/α,β-unsaturated/α-hetero) is 2. The van der Waals surface area contributed by atoms with Crippen molar-refractivity contribution in [1.29, 1.82) is 0 Å². The molecule has 0 spiro atoms. The van der Waals surface area contributed by atoms with Crippen LogP contribution in [0.25, 0.3) is 16.6 Å².